The molecule has 1 aliphatic heterocycles. The van der Waals surface area contributed by atoms with E-state index in [1.807, 2.05) is 18.2 Å². The Hall–Kier alpha value is -1.40. The summed E-state index contributed by atoms with van der Waals surface area (Å²) < 4.78 is 5.05. The van der Waals surface area contributed by atoms with Crippen molar-refractivity contribution in [1.82, 2.24) is 4.98 Å². The first kappa shape index (κ1) is 6.32. The van der Waals surface area contributed by atoms with E-state index in [0.717, 1.165) is 5.56 Å². The van der Waals surface area contributed by atoms with Gasteiger partial charge in [-0.3, -0.25) is 4.98 Å². The zero-order chi connectivity index (χ0) is 7.68. The van der Waals surface area contributed by atoms with Crippen molar-refractivity contribution in [3.8, 4) is 6.07 Å². The molecule has 0 N–H and O–H groups in total. The number of rotatable bonds is 1. The normalized spacial score (nSPS) is 27.5. The largest absolute Gasteiger partial charge is 0.348 e. The van der Waals surface area contributed by atoms with Crippen molar-refractivity contribution in [2.75, 3.05) is 0 Å². The average molecular weight is 146 g/mol. The fraction of sp³-hybridized carbons (Fsp3) is 0.250. The van der Waals surface area contributed by atoms with Crippen LogP contribution in [-0.2, 0) is 4.74 Å². The molecular formula is C8H6N2O. The summed E-state index contributed by atoms with van der Waals surface area (Å²) in [6, 6.07) is 5.79. The molecule has 0 saturated carbocycles. The molecule has 1 aromatic rings. The van der Waals surface area contributed by atoms with E-state index < -0.39 is 0 Å². The van der Waals surface area contributed by atoms with Gasteiger partial charge in [-0.2, -0.15) is 5.26 Å². The van der Waals surface area contributed by atoms with Crippen LogP contribution in [0.4, 0.5) is 0 Å². The minimum absolute atomic E-state index is 0.0336. The van der Waals surface area contributed by atoms with E-state index in [-0.39, 0.29) is 12.2 Å². The molecule has 3 heteroatoms. The zero-order valence-corrected chi connectivity index (χ0v) is 5.77. The van der Waals surface area contributed by atoms with Crippen LogP contribution in [-0.4, -0.2) is 11.1 Å². The Morgan fingerprint density at radius 3 is 3.09 bits per heavy atom. The van der Waals surface area contributed by atoms with Gasteiger partial charge in [-0.15, -0.1) is 0 Å². The van der Waals surface area contributed by atoms with Gasteiger partial charge in [-0.05, 0) is 6.07 Å². The molecule has 3 nitrogen and oxygen atoms in total. The Balaban J connectivity index is 2.16. The highest BCUT2D eigenvalue weighted by atomic mass is 16.6. The van der Waals surface area contributed by atoms with E-state index in [1.54, 1.807) is 12.4 Å². The maximum Gasteiger partial charge on any atom is 0.175 e. The second-order valence-electron chi connectivity index (χ2n) is 2.39. The summed E-state index contributed by atoms with van der Waals surface area (Å²) in [7, 11) is 0. The molecular weight excluding hydrogens is 140 g/mol. The first-order chi connectivity index (χ1) is 5.42. The van der Waals surface area contributed by atoms with Crippen LogP contribution < -0.4 is 0 Å². The van der Waals surface area contributed by atoms with Crippen molar-refractivity contribution in [2.45, 2.75) is 12.2 Å². The highest BCUT2D eigenvalue weighted by Gasteiger charge is 2.40. The lowest BCUT2D eigenvalue weighted by Gasteiger charge is -1.89. The molecule has 2 rings (SSSR count). The van der Waals surface area contributed by atoms with Crippen LogP contribution in [0.25, 0.3) is 0 Å². The molecule has 1 fully saturated rings. The SMILES string of the molecule is N#C[C@@H]1O[C@H]1c1cccnc1. The van der Waals surface area contributed by atoms with Crippen LogP contribution >= 0.6 is 0 Å². The molecule has 0 aromatic carbocycles. The molecule has 54 valence electrons. The van der Waals surface area contributed by atoms with Crippen molar-refractivity contribution >= 4 is 0 Å². The van der Waals surface area contributed by atoms with E-state index in [9.17, 15) is 0 Å². The van der Waals surface area contributed by atoms with Gasteiger partial charge in [0.1, 0.15) is 6.10 Å². The third-order valence-corrected chi connectivity index (χ3v) is 1.63. The minimum Gasteiger partial charge on any atom is -0.348 e. The highest BCUT2D eigenvalue weighted by molar-refractivity contribution is 5.22. The third-order valence-electron chi connectivity index (χ3n) is 1.63. The monoisotopic (exact) mass is 146 g/mol. The van der Waals surface area contributed by atoms with Crippen LogP contribution in [0.15, 0.2) is 24.5 Å². The molecule has 0 spiro atoms. The summed E-state index contributed by atoms with van der Waals surface area (Å²) >= 11 is 0. The summed E-state index contributed by atoms with van der Waals surface area (Å²) in [6.45, 7) is 0. The molecule has 2 atom stereocenters. The number of nitriles is 1. The second-order valence-corrected chi connectivity index (χ2v) is 2.39. The molecule has 0 radical (unpaired) electrons. The topological polar surface area (TPSA) is 49.2 Å². The van der Waals surface area contributed by atoms with Crippen LogP contribution in [0.2, 0.25) is 0 Å². The van der Waals surface area contributed by atoms with Gasteiger partial charge in [0.05, 0.1) is 6.07 Å². The Labute approximate surface area is 64.2 Å². The maximum atomic E-state index is 8.44. The van der Waals surface area contributed by atoms with Crippen LogP contribution in [0.5, 0.6) is 0 Å². The van der Waals surface area contributed by atoms with Gasteiger partial charge < -0.3 is 4.74 Å². The van der Waals surface area contributed by atoms with Gasteiger partial charge in [-0.25, -0.2) is 0 Å². The van der Waals surface area contributed by atoms with E-state index in [2.05, 4.69) is 4.98 Å². The number of hydrogen-bond donors (Lipinski definition) is 0. The lowest BCUT2D eigenvalue weighted by atomic mass is 10.2. The molecule has 0 unspecified atom stereocenters. The summed E-state index contributed by atoms with van der Waals surface area (Å²) in [5.74, 6) is 0. The number of pyridine rings is 1. The first-order valence-electron chi connectivity index (χ1n) is 3.37. The fourth-order valence-corrected chi connectivity index (χ4v) is 1.01. The predicted octanol–water partition coefficient (Wildman–Crippen LogP) is 1.05. The lowest BCUT2D eigenvalue weighted by molar-refractivity contribution is 0.396. The summed E-state index contributed by atoms with van der Waals surface area (Å²) in [5.41, 5.74) is 0.985. The minimum atomic E-state index is -0.251. The standard InChI is InChI=1S/C8H6N2O/c9-4-7-8(11-7)6-2-1-3-10-5-6/h1-3,5,7-8H/t7-,8-/m0/s1. The van der Waals surface area contributed by atoms with Gasteiger partial charge >= 0.3 is 0 Å². The van der Waals surface area contributed by atoms with Crippen molar-refractivity contribution < 1.29 is 4.74 Å². The molecule has 2 heterocycles. The average Bonchev–Trinajstić information content (AvgIpc) is 2.85. The predicted molar refractivity (Wildman–Crippen MR) is 37.5 cm³/mol. The third kappa shape index (κ3) is 1.08. The first-order valence-corrected chi connectivity index (χ1v) is 3.37. The summed E-state index contributed by atoms with van der Waals surface area (Å²) in [4.78, 5) is 3.93. The smallest absolute Gasteiger partial charge is 0.175 e. The van der Waals surface area contributed by atoms with Crippen molar-refractivity contribution in [2.24, 2.45) is 0 Å². The van der Waals surface area contributed by atoms with E-state index in [0.29, 0.717) is 0 Å². The van der Waals surface area contributed by atoms with Gasteiger partial charge in [0.2, 0.25) is 0 Å². The van der Waals surface area contributed by atoms with E-state index in [4.69, 9.17) is 10.00 Å². The zero-order valence-electron chi connectivity index (χ0n) is 5.77. The molecule has 0 bridgehead atoms. The van der Waals surface area contributed by atoms with Gasteiger partial charge in [0.25, 0.3) is 0 Å². The molecule has 0 amide bonds. The number of hydrogen-bond acceptors (Lipinski definition) is 3. The van der Waals surface area contributed by atoms with Crippen molar-refractivity contribution in [3.63, 3.8) is 0 Å². The molecule has 1 aromatic heterocycles. The highest BCUT2D eigenvalue weighted by Crippen LogP contribution is 2.37. The van der Waals surface area contributed by atoms with Crippen molar-refractivity contribution in [1.29, 1.82) is 5.26 Å². The van der Waals surface area contributed by atoms with Crippen molar-refractivity contribution in [3.05, 3.63) is 30.1 Å². The van der Waals surface area contributed by atoms with E-state index >= 15 is 0 Å². The Bertz CT molecular complexity index is 291. The van der Waals surface area contributed by atoms with E-state index in [1.165, 1.54) is 0 Å². The van der Waals surface area contributed by atoms with Gasteiger partial charge in [-0.1, -0.05) is 6.07 Å². The molecule has 1 aliphatic rings. The summed E-state index contributed by atoms with van der Waals surface area (Å²) in [5, 5.41) is 8.44. The molecule has 1 saturated heterocycles. The van der Waals surface area contributed by atoms with Gasteiger partial charge in [0, 0.05) is 18.0 Å². The Morgan fingerprint density at radius 2 is 2.55 bits per heavy atom. The Morgan fingerprint density at radius 1 is 1.64 bits per heavy atom. The number of ether oxygens (including phenoxy) is 1. The molecule has 11 heavy (non-hydrogen) atoms. The quantitative estimate of drug-likeness (QED) is 0.556. The van der Waals surface area contributed by atoms with Crippen LogP contribution in [0.1, 0.15) is 11.7 Å². The summed E-state index contributed by atoms with van der Waals surface area (Å²) in [6.07, 6.45) is 3.14. The fourth-order valence-electron chi connectivity index (χ4n) is 1.01. The number of aromatic nitrogens is 1. The van der Waals surface area contributed by atoms with Gasteiger partial charge in [0.15, 0.2) is 6.10 Å². The van der Waals surface area contributed by atoms with Crippen LogP contribution in [0.3, 0.4) is 0 Å². The second kappa shape index (κ2) is 2.33. The Kier molecular flexibility index (Phi) is 1.34. The number of epoxide rings is 1. The number of nitrogens with zero attached hydrogens (tertiary/aromatic N) is 2. The maximum absolute atomic E-state index is 8.44. The van der Waals surface area contributed by atoms with Crippen LogP contribution in [0, 0.1) is 11.3 Å². The lowest BCUT2D eigenvalue weighted by Crippen LogP contribution is -1.84. The molecule has 0 aliphatic carbocycles.